The molecule has 0 saturated carbocycles. The first-order valence-electron chi connectivity index (χ1n) is 6.88. The molecule has 1 amide bonds. The van der Waals surface area contributed by atoms with Crippen molar-refractivity contribution in [1.29, 1.82) is 0 Å². The Morgan fingerprint density at radius 1 is 1.30 bits per heavy atom. The van der Waals surface area contributed by atoms with Crippen LogP contribution >= 0.6 is 0 Å². The molecule has 0 radical (unpaired) electrons. The summed E-state index contributed by atoms with van der Waals surface area (Å²) in [5.74, 6) is 0.0308. The summed E-state index contributed by atoms with van der Waals surface area (Å²) in [6.45, 7) is 4.18. The van der Waals surface area contributed by atoms with Crippen LogP contribution in [-0.4, -0.2) is 48.5 Å². The van der Waals surface area contributed by atoms with Crippen LogP contribution in [-0.2, 0) is 4.79 Å². The van der Waals surface area contributed by atoms with Gasteiger partial charge in [-0.2, -0.15) is 0 Å². The van der Waals surface area contributed by atoms with Crippen LogP contribution in [0.4, 0.5) is 5.69 Å². The van der Waals surface area contributed by atoms with Crippen molar-refractivity contribution in [2.75, 3.05) is 38.0 Å². The maximum absolute atomic E-state index is 12.1. The van der Waals surface area contributed by atoms with Crippen LogP contribution in [0.3, 0.4) is 0 Å². The standard InChI is InChI=1S/C15H18N4O/c20-15(11-19-8-6-16-7-9-19)18-14-3-1-2-12-4-5-17-10-13(12)14/h1-5,10,16H,6-9,11H2,(H,18,20). The van der Waals surface area contributed by atoms with Crippen molar-refractivity contribution in [2.45, 2.75) is 0 Å². The third kappa shape index (κ3) is 2.95. The van der Waals surface area contributed by atoms with E-state index in [2.05, 4.69) is 20.5 Å². The van der Waals surface area contributed by atoms with Gasteiger partial charge in [0.05, 0.1) is 12.2 Å². The molecular weight excluding hydrogens is 252 g/mol. The van der Waals surface area contributed by atoms with Crippen molar-refractivity contribution >= 4 is 22.4 Å². The fraction of sp³-hybridized carbons (Fsp3) is 0.333. The van der Waals surface area contributed by atoms with E-state index in [0.717, 1.165) is 42.6 Å². The second-order valence-corrected chi connectivity index (χ2v) is 4.98. The molecular formula is C15H18N4O. The lowest BCUT2D eigenvalue weighted by atomic mass is 10.1. The summed E-state index contributed by atoms with van der Waals surface area (Å²) in [6.07, 6.45) is 3.55. The number of aromatic nitrogens is 1. The first-order chi connectivity index (χ1) is 9.83. The number of amides is 1. The first kappa shape index (κ1) is 13.0. The normalized spacial score (nSPS) is 16.2. The Balaban J connectivity index is 1.71. The summed E-state index contributed by atoms with van der Waals surface area (Å²) in [5, 5.41) is 8.33. The second-order valence-electron chi connectivity index (χ2n) is 4.98. The number of anilines is 1. The highest BCUT2D eigenvalue weighted by molar-refractivity contribution is 6.02. The summed E-state index contributed by atoms with van der Waals surface area (Å²) in [5.41, 5.74) is 0.829. The molecule has 2 N–H and O–H groups in total. The smallest absolute Gasteiger partial charge is 0.238 e. The van der Waals surface area contributed by atoms with Crippen LogP contribution < -0.4 is 10.6 Å². The zero-order valence-corrected chi connectivity index (χ0v) is 11.3. The number of hydrogen-bond acceptors (Lipinski definition) is 4. The molecule has 1 aromatic carbocycles. The fourth-order valence-corrected chi connectivity index (χ4v) is 2.48. The van der Waals surface area contributed by atoms with Crippen LogP contribution in [0, 0.1) is 0 Å². The van der Waals surface area contributed by atoms with Gasteiger partial charge < -0.3 is 10.6 Å². The summed E-state index contributed by atoms with van der Waals surface area (Å²) in [4.78, 5) is 18.4. The van der Waals surface area contributed by atoms with E-state index in [-0.39, 0.29) is 5.91 Å². The number of pyridine rings is 1. The van der Waals surface area contributed by atoms with E-state index in [9.17, 15) is 4.79 Å². The number of nitrogens with zero attached hydrogens (tertiary/aromatic N) is 2. The van der Waals surface area contributed by atoms with Gasteiger partial charge >= 0.3 is 0 Å². The van der Waals surface area contributed by atoms with E-state index < -0.39 is 0 Å². The Bertz CT molecular complexity index is 602. The number of benzene rings is 1. The monoisotopic (exact) mass is 270 g/mol. The van der Waals surface area contributed by atoms with Gasteiger partial charge in [0.2, 0.25) is 5.91 Å². The zero-order chi connectivity index (χ0) is 13.8. The first-order valence-corrected chi connectivity index (χ1v) is 6.88. The molecule has 0 atom stereocenters. The highest BCUT2D eigenvalue weighted by Gasteiger charge is 2.14. The lowest BCUT2D eigenvalue weighted by Crippen LogP contribution is -2.46. The molecule has 0 bridgehead atoms. The van der Waals surface area contributed by atoms with Crippen molar-refractivity contribution in [1.82, 2.24) is 15.2 Å². The largest absolute Gasteiger partial charge is 0.324 e. The van der Waals surface area contributed by atoms with Crippen LogP contribution in [0.1, 0.15) is 0 Å². The Hall–Kier alpha value is -1.98. The Morgan fingerprint density at radius 3 is 3.00 bits per heavy atom. The lowest BCUT2D eigenvalue weighted by Gasteiger charge is -2.26. The van der Waals surface area contributed by atoms with Crippen molar-refractivity contribution in [3.63, 3.8) is 0 Å². The zero-order valence-electron chi connectivity index (χ0n) is 11.3. The van der Waals surface area contributed by atoms with Gasteiger partial charge in [-0.25, -0.2) is 0 Å². The maximum atomic E-state index is 12.1. The molecule has 2 aromatic rings. The van der Waals surface area contributed by atoms with Gasteiger partial charge in [-0.15, -0.1) is 0 Å². The number of carbonyl (C=O) groups excluding carboxylic acids is 1. The average molecular weight is 270 g/mol. The summed E-state index contributed by atoms with van der Waals surface area (Å²) in [6, 6.07) is 7.83. The van der Waals surface area contributed by atoms with Crippen molar-refractivity contribution < 1.29 is 4.79 Å². The lowest BCUT2D eigenvalue weighted by molar-refractivity contribution is -0.117. The minimum absolute atomic E-state index is 0.0308. The van der Waals surface area contributed by atoms with Gasteiger partial charge in [0.15, 0.2) is 0 Å². The Kier molecular flexibility index (Phi) is 3.90. The molecule has 1 aromatic heterocycles. The number of nitrogens with one attached hydrogen (secondary N) is 2. The van der Waals surface area contributed by atoms with E-state index >= 15 is 0 Å². The molecule has 104 valence electrons. The van der Waals surface area contributed by atoms with Crippen molar-refractivity contribution in [3.05, 3.63) is 36.7 Å². The van der Waals surface area contributed by atoms with Gasteiger partial charge in [0.25, 0.3) is 0 Å². The molecule has 1 fully saturated rings. The molecule has 2 heterocycles. The third-order valence-electron chi connectivity index (χ3n) is 3.53. The minimum atomic E-state index is 0.0308. The molecule has 0 unspecified atom stereocenters. The topological polar surface area (TPSA) is 57.3 Å². The molecule has 1 aliphatic heterocycles. The highest BCUT2D eigenvalue weighted by atomic mass is 16.2. The molecule has 3 rings (SSSR count). The average Bonchev–Trinajstić information content (AvgIpc) is 2.48. The number of carbonyl (C=O) groups is 1. The molecule has 1 aliphatic rings. The molecule has 1 saturated heterocycles. The summed E-state index contributed by atoms with van der Waals surface area (Å²) >= 11 is 0. The van der Waals surface area contributed by atoms with Gasteiger partial charge in [0.1, 0.15) is 0 Å². The maximum Gasteiger partial charge on any atom is 0.238 e. The Labute approximate surface area is 118 Å². The number of hydrogen-bond donors (Lipinski definition) is 2. The van der Waals surface area contributed by atoms with Gasteiger partial charge in [-0.3, -0.25) is 14.7 Å². The van der Waals surface area contributed by atoms with Gasteiger partial charge in [0, 0.05) is 44.0 Å². The van der Waals surface area contributed by atoms with Crippen LogP contribution in [0.25, 0.3) is 10.8 Å². The minimum Gasteiger partial charge on any atom is -0.324 e. The number of fused-ring (bicyclic) bond motifs is 1. The highest BCUT2D eigenvalue weighted by Crippen LogP contribution is 2.21. The third-order valence-corrected chi connectivity index (χ3v) is 3.53. The van der Waals surface area contributed by atoms with Crippen LogP contribution in [0.5, 0.6) is 0 Å². The van der Waals surface area contributed by atoms with Crippen molar-refractivity contribution in [3.8, 4) is 0 Å². The second kappa shape index (κ2) is 5.98. The molecule has 5 nitrogen and oxygen atoms in total. The number of piperazine rings is 1. The van der Waals surface area contributed by atoms with Crippen LogP contribution in [0.2, 0.25) is 0 Å². The van der Waals surface area contributed by atoms with E-state index in [1.165, 1.54) is 0 Å². The fourth-order valence-electron chi connectivity index (χ4n) is 2.48. The predicted molar refractivity (Wildman–Crippen MR) is 79.7 cm³/mol. The van der Waals surface area contributed by atoms with E-state index in [0.29, 0.717) is 6.54 Å². The molecule has 0 aliphatic carbocycles. The predicted octanol–water partition coefficient (Wildman–Crippen LogP) is 1.08. The van der Waals surface area contributed by atoms with Crippen molar-refractivity contribution in [2.24, 2.45) is 0 Å². The quantitative estimate of drug-likeness (QED) is 0.876. The Morgan fingerprint density at radius 2 is 2.15 bits per heavy atom. The van der Waals surface area contributed by atoms with Gasteiger partial charge in [-0.1, -0.05) is 12.1 Å². The van der Waals surface area contributed by atoms with Gasteiger partial charge in [-0.05, 0) is 17.5 Å². The summed E-state index contributed by atoms with van der Waals surface area (Å²) in [7, 11) is 0. The van der Waals surface area contributed by atoms with E-state index in [1.807, 2.05) is 24.3 Å². The SMILES string of the molecule is O=C(CN1CCNCC1)Nc1cccc2ccncc12. The molecule has 5 heteroatoms. The van der Waals surface area contributed by atoms with E-state index in [1.54, 1.807) is 12.4 Å². The van der Waals surface area contributed by atoms with E-state index in [4.69, 9.17) is 0 Å². The molecule has 20 heavy (non-hydrogen) atoms. The van der Waals surface area contributed by atoms with Crippen LogP contribution in [0.15, 0.2) is 36.7 Å². The summed E-state index contributed by atoms with van der Waals surface area (Å²) < 4.78 is 0. The number of rotatable bonds is 3. The molecule has 0 spiro atoms.